The minimum atomic E-state index is -0.698. The molecule has 1 aromatic rings. The highest BCUT2D eigenvalue weighted by atomic mass is 35.5. The van der Waals surface area contributed by atoms with Crippen LogP contribution in [0.25, 0.3) is 0 Å². The van der Waals surface area contributed by atoms with Crippen LogP contribution in [0, 0.1) is 17.1 Å². The molecule has 0 fully saturated rings. The Hall–Kier alpha value is -1.40. The second kappa shape index (κ2) is 4.21. The number of carbonyl (C=O) groups is 1. The molecule has 0 aliphatic rings. The quantitative estimate of drug-likeness (QED) is 0.557. The number of rotatable bonds is 2. The van der Waals surface area contributed by atoms with E-state index in [9.17, 15) is 9.18 Å². The normalized spacial score (nSPS) is 11.9. The summed E-state index contributed by atoms with van der Waals surface area (Å²) in [5.41, 5.74) is 0.104. The first-order valence-corrected chi connectivity index (χ1v) is 4.38. The fourth-order valence-corrected chi connectivity index (χ4v) is 1.11. The second-order valence-electron chi connectivity index (χ2n) is 2.79. The van der Waals surface area contributed by atoms with E-state index >= 15 is 0 Å². The van der Waals surface area contributed by atoms with Gasteiger partial charge in [0.05, 0.1) is 10.9 Å². The molecule has 0 aliphatic carbocycles. The fraction of sp³-hybridized carbons (Fsp3) is 0.200. The van der Waals surface area contributed by atoms with Crippen molar-refractivity contribution in [3.8, 4) is 6.07 Å². The van der Waals surface area contributed by atoms with Gasteiger partial charge in [-0.1, -0.05) is 0 Å². The van der Waals surface area contributed by atoms with Crippen LogP contribution in [0.3, 0.4) is 0 Å². The Morgan fingerprint density at radius 2 is 2.29 bits per heavy atom. The van der Waals surface area contributed by atoms with E-state index in [4.69, 9.17) is 16.9 Å². The monoisotopic (exact) mass is 211 g/mol. The highest BCUT2D eigenvalue weighted by Gasteiger charge is 2.13. The Bertz CT molecular complexity index is 409. The Labute approximate surface area is 85.9 Å². The van der Waals surface area contributed by atoms with E-state index in [2.05, 4.69) is 0 Å². The summed E-state index contributed by atoms with van der Waals surface area (Å²) in [7, 11) is 0. The van der Waals surface area contributed by atoms with Gasteiger partial charge >= 0.3 is 0 Å². The summed E-state index contributed by atoms with van der Waals surface area (Å²) >= 11 is 5.55. The van der Waals surface area contributed by atoms with Gasteiger partial charge in [-0.15, -0.1) is 11.6 Å². The minimum Gasteiger partial charge on any atom is -0.293 e. The summed E-state index contributed by atoms with van der Waals surface area (Å²) < 4.78 is 13.1. The van der Waals surface area contributed by atoms with Crippen LogP contribution in [0.2, 0.25) is 0 Å². The smallest absolute Gasteiger partial charge is 0.180 e. The Morgan fingerprint density at radius 1 is 1.64 bits per heavy atom. The molecular weight excluding hydrogens is 205 g/mol. The maximum atomic E-state index is 13.1. The minimum absolute atomic E-state index is 0.0798. The molecule has 0 saturated carbocycles. The number of ketones is 1. The number of alkyl halides is 1. The third-order valence-corrected chi connectivity index (χ3v) is 1.93. The summed E-state index contributed by atoms with van der Waals surface area (Å²) in [5, 5.41) is 7.76. The topological polar surface area (TPSA) is 40.9 Å². The molecule has 2 nitrogen and oxygen atoms in total. The lowest BCUT2D eigenvalue weighted by Crippen LogP contribution is -2.10. The van der Waals surface area contributed by atoms with Crippen LogP contribution in [-0.2, 0) is 0 Å². The molecule has 0 aromatic heterocycles. The van der Waals surface area contributed by atoms with Crippen LogP contribution in [-0.4, -0.2) is 11.2 Å². The van der Waals surface area contributed by atoms with Crippen molar-refractivity contribution in [1.82, 2.24) is 0 Å². The van der Waals surface area contributed by atoms with Gasteiger partial charge in [-0.05, 0) is 25.1 Å². The molecule has 0 heterocycles. The van der Waals surface area contributed by atoms with Crippen LogP contribution in [0.5, 0.6) is 0 Å². The molecule has 14 heavy (non-hydrogen) atoms. The van der Waals surface area contributed by atoms with Crippen LogP contribution in [0.1, 0.15) is 22.8 Å². The van der Waals surface area contributed by atoms with Crippen molar-refractivity contribution >= 4 is 17.4 Å². The Kier molecular flexibility index (Phi) is 3.21. The maximum absolute atomic E-state index is 13.1. The van der Waals surface area contributed by atoms with Crippen LogP contribution < -0.4 is 0 Å². The number of halogens is 2. The van der Waals surface area contributed by atoms with Gasteiger partial charge in [0.25, 0.3) is 0 Å². The predicted molar refractivity (Wildman–Crippen MR) is 50.8 cm³/mol. The molecule has 72 valence electrons. The second-order valence-corrected chi connectivity index (χ2v) is 3.44. The summed E-state index contributed by atoms with van der Waals surface area (Å²) in [5.74, 6) is -1.05. The summed E-state index contributed by atoms with van der Waals surface area (Å²) in [4.78, 5) is 11.3. The van der Waals surface area contributed by atoms with Crippen molar-refractivity contribution in [2.45, 2.75) is 12.3 Å². The number of Topliss-reactive ketones (excluding diaryl/α,β-unsaturated/α-hetero) is 1. The van der Waals surface area contributed by atoms with E-state index in [1.807, 2.05) is 0 Å². The SMILES string of the molecule is CC(Cl)C(=O)c1ccc(C#N)c(F)c1. The van der Waals surface area contributed by atoms with Crippen LogP contribution in [0.4, 0.5) is 4.39 Å². The number of nitrogens with zero attached hydrogens (tertiary/aromatic N) is 1. The number of hydrogen-bond donors (Lipinski definition) is 0. The zero-order valence-electron chi connectivity index (χ0n) is 7.42. The Morgan fingerprint density at radius 3 is 2.71 bits per heavy atom. The summed E-state index contributed by atoms with van der Waals surface area (Å²) in [6, 6.07) is 5.36. The van der Waals surface area contributed by atoms with Crippen molar-refractivity contribution in [2.24, 2.45) is 0 Å². The van der Waals surface area contributed by atoms with E-state index in [1.54, 1.807) is 6.07 Å². The van der Waals surface area contributed by atoms with E-state index < -0.39 is 11.2 Å². The number of benzene rings is 1. The van der Waals surface area contributed by atoms with Gasteiger partial charge in [-0.3, -0.25) is 4.79 Å². The average molecular weight is 212 g/mol. The highest BCUT2D eigenvalue weighted by molar-refractivity contribution is 6.33. The zero-order valence-corrected chi connectivity index (χ0v) is 8.18. The van der Waals surface area contributed by atoms with Gasteiger partial charge < -0.3 is 0 Å². The van der Waals surface area contributed by atoms with Gasteiger partial charge in [-0.2, -0.15) is 5.26 Å². The molecular formula is C10H7ClFNO. The maximum Gasteiger partial charge on any atom is 0.180 e. The molecule has 0 spiro atoms. The first-order valence-electron chi connectivity index (χ1n) is 3.94. The van der Waals surface area contributed by atoms with Crippen molar-refractivity contribution in [1.29, 1.82) is 5.26 Å². The fourth-order valence-electron chi connectivity index (χ4n) is 0.989. The largest absolute Gasteiger partial charge is 0.293 e. The molecule has 1 unspecified atom stereocenters. The molecule has 0 bridgehead atoms. The number of carbonyl (C=O) groups excluding carboxylic acids is 1. The van der Waals surface area contributed by atoms with Gasteiger partial charge in [0.15, 0.2) is 5.78 Å². The summed E-state index contributed by atoms with van der Waals surface area (Å²) in [6.07, 6.45) is 0. The van der Waals surface area contributed by atoms with Crippen molar-refractivity contribution in [3.05, 3.63) is 35.1 Å². The highest BCUT2D eigenvalue weighted by Crippen LogP contribution is 2.13. The van der Waals surface area contributed by atoms with Gasteiger partial charge in [-0.25, -0.2) is 4.39 Å². The van der Waals surface area contributed by atoms with E-state index in [0.29, 0.717) is 0 Å². The molecule has 4 heteroatoms. The lowest BCUT2D eigenvalue weighted by Gasteiger charge is -2.02. The lowest BCUT2D eigenvalue weighted by molar-refractivity contribution is 0.0991. The van der Waals surface area contributed by atoms with Crippen LogP contribution >= 0.6 is 11.6 Å². The first kappa shape index (κ1) is 10.7. The van der Waals surface area contributed by atoms with Crippen molar-refractivity contribution in [3.63, 3.8) is 0 Å². The number of nitriles is 1. The molecule has 0 radical (unpaired) electrons. The molecule has 0 saturated heterocycles. The van der Waals surface area contributed by atoms with Gasteiger partial charge in [0.2, 0.25) is 0 Å². The Balaban J connectivity index is 3.11. The van der Waals surface area contributed by atoms with Gasteiger partial charge in [0, 0.05) is 5.56 Å². The van der Waals surface area contributed by atoms with Crippen LogP contribution in [0.15, 0.2) is 18.2 Å². The zero-order chi connectivity index (χ0) is 10.7. The van der Waals surface area contributed by atoms with Crippen molar-refractivity contribution < 1.29 is 9.18 Å². The molecule has 0 amide bonds. The predicted octanol–water partition coefficient (Wildman–Crippen LogP) is 2.51. The third-order valence-electron chi connectivity index (χ3n) is 1.74. The standard InChI is InChI=1S/C10H7ClFNO/c1-6(11)10(14)7-2-3-8(5-13)9(12)4-7/h2-4,6H,1H3. The first-order chi connectivity index (χ1) is 6.56. The van der Waals surface area contributed by atoms with E-state index in [0.717, 1.165) is 6.07 Å². The summed E-state index contributed by atoms with van der Waals surface area (Å²) in [6.45, 7) is 1.51. The third kappa shape index (κ3) is 2.09. The lowest BCUT2D eigenvalue weighted by atomic mass is 10.1. The van der Waals surface area contributed by atoms with E-state index in [-0.39, 0.29) is 16.9 Å². The average Bonchev–Trinajstić information content (AvgIpc) is 2.16. The molecule has 1 atom stereocenters. The molecule has 0 aliphatic heterocycles. The van der Waals surface area contributed by atoms with Crippen molar-refractivity contribution in [2.75, 3.05) is 0 Å². The molecule has 1 rings (SSSR count). The molecule has 1 aromatic carbocycles. The van der Waals surface area contributed by atoms with E-state index in [1.165, 1.54) is 19.1 Å². The number of hydrogen-bond acceptors (Lipinski definition) is 2. The van der Waals surface area contributed by atoms with Gasteiger partial charge in [0.1, 0.15) is 11.9 Å². The molecule has 0 N–H and O–H groups in total.